The van der Waals surface area contributed by atoms with E-state index >= 15 is 0 Å². The monoisotopic (exact) mass is 303 g/mol. The van der Waals surface area contributed by atoms with Gasteiger partial charge in [-0.05, 0) is 48.0 Å². The first-order chi connectivity index (χ1) is 10.5. The number of hydrogen-bond donors (Lipinski definition) is 0. The maximum Gasteiger partial charge on any atom is 0.363 e. The topological polar surface area (TPSA) is 38.7 Å². The summed E-state index contributed by atoms with van der Waals surface area (Å²) in [5, 5.41) is 0. The molecule has 0 amide bonds. The zero-order valence-corrected chi connectivity index (χ0v) is 11.0. The molecule has 6 heteroatoms. The van der Waals surface area contributed by atoms with E-state index in [0.29, 0.717) is 5.56 Å². The van der Waals surface area contributed by atoms with Gasteiger partial charge in [-0.2, -0.15) is 0 Å². The van der Waals surface area contributed by atoms with Gasteiger partial charge in [-0.25, -0.2) is 23.0 Å². The van der Waals surface area contributed by atoms with E-state index < -0.39 is 23.4 Å². The molecule has 0 N–H and O–H groups in total. The van der Waals surface area contributed by atoms with E-state index in [1.54, 1.807) is 0 Å². The summed E-state index contributed by atoms with van der Waals surface area (Å²) in [6.07, 6.45) is 1.28. The van der Waals surface area contributed by atoms with E-state index in [0.717, 1.165) is 12.1 Å². The summed E-state index contributed by atoms with van der Waals surface area (Å²) < 4.78 is 43.8. The summed E-state index contributed by atoms with van der Waals surface area (Å²) in [5.74, 6) is -3.12. The van der Waals surface area contributed by atoms with Crippen LogP contribution >= 0.6 is 0 Å². The van der Waals surface area contributed by atoms with Crippen LogP contribution in [0.25, 0.3) is 6.08 Å². The molecule has 1 aliphatic rings. The zero-order chi connectivity index (χ0) is 15.7. The molecule has 22 heavy (non-hydrogen) atoms. The van der Waals surface area contributed by atoms with Gasteiger partial charge in [-0.15, -0.1) is 0 Å². The number of rotatable bonds is 2. The summed E-state index contributed by atoms with van der Waals surface area (Å²) in [6.45, 7) is 0. The zero-order valence-electron chi connectivity index (χ0n) is 11.0. The fourth-order valence-electron chi connectivity index (χ4n) is 1.89. The number of halogens is 3. The molecule has 1 aliphatic heterocycles. The third kappa shape index (κ3) is 2.76. The Morgan fingerprint density at radius 1 is 0.955 bits per heavy atom. The molecule has 0 fully saturated rings. The van der Waals surface area contributed by atoms with E-state index in [1.807, 2.05) is 0 Å². The first kappa shape index (κ1) is 14.1. The van der Waals surface area contributed by atoms with Crippen LogP contribution in [0.4, 0.5) is 13.2 Å². The highest BCUT2D eigenvalue weighted by Gasteiger charge is 2.24. The molecule has 110 valence electrons. The van der Waals surface area contributed by atoms with E-state index in [1.165, 1.54) is 36.4 Å². The maximum atomic E-state index is 13.1. The minimum absolute atomic E-state index is 0.0267. The quantitative estimate of drug-likeness (QED) is 0.629. The van der Waals surface area contributed by atoms with Gasteiger partial charge in [0.1, 0.15) is 5.82 Å². The normalized spacial score (nSPS) is 15.9. The highest BCUT2D eigenvalue weighted by atomic mass is 19.2. The fourth-order valence-corrected chi connectivity index (χ4v) is 1.89. The number of cyclic esters (lactones) is 1. The molecular formula is C16H8F3NO2. The highest BCUT2D eigenvalue weighted by Crippen LogP contribution is 2.20. The molecule has 0 saturated carbocycles. The summed E-state index contributed by atoms with van der Waals surface area (Å²) in [4.78, 5) is 15.7. The predicted octanol–water partition coefficient (Wildman–Crippen LogP) is 3.45. The van der Waals surface area contributed by atoms with Crippen LogP contribution < -0.4 is 0 Å². The third-order valence-corrected chi connectivity index (χ3v) is 2.96. The molecule has 0 bridgehead atoms. The average Bonchev–Trinajstić information content (AvgIpc) is 2.85. The van der Waals surface area contributed by atoms with Crippen molar-refractivity contribution >= 4 is 17.9 Å². The minimum atomic E-state index is -1.02. The number of benzene rings is 2. The summed E-state index contributed by atoms with van der Waals surface area (Å²) >= 11 is 0. The van der Waals surface area contributed by atoms with E-state index in [9.17, 15) is 18.0 Å². The van der Waals surface area contributed by atoms with Gasteiger partial charge < -0.3 is 4.74 Å². The molecule has 2 aromatic carbocycles. The number of carbonyl (C=O) groups is 1. The van der Waals surface area contributed by atoms with Crippen molar-refractivity contribution in [1.82, 2.24) is 0 Å². The van der Waals surface area contributed by atoms with Gasteiger partial charge in [0.15, 0.2) is 17.3 Å². The van der Waals surface area contributed by atoms with Crippen LogP contribution in [0.3, 0.4) is 0 Å². The molecule has 0 radical (unpaired) electrons. The van der Waals surface area contributed by atoms with Gasteiger partial charge in [-0.3, -0.25) is 0 Å². The second-order valence-corrected chi connectivity index (χ2v) is 4.52. The van der Waals surface area contributed by atoms with Crippen molar-refractivity contribution in [2.24, 2.45) is 4.99 Å². The molecule has 1 heterocycles. The number of hydrogen-bond acceptors (Lipinski definition) is 3. The van der Waals surface area contributed by atoms with Crippen LogP contribution in [0.1, 0.15) is 11.1 Å². The van der Waals surface area contributed by atoms with E-state index in [-0.39, 0.29) is 17.2 Å². The number of ether oxygens (including phenoxy) is 1. The van der Waals surface area contributed by atoms with Crippen molar-refractivity contribution in [3.63, 3.8) is 0 Å². The molecule has 0 unspecified atom stereocenters. The van der Waals surface area contributed by atoms with Gasteiger partial charge in [0.2, 0.25) is 5.90 Å². The Bertz CT molecular complexity index is 811. The van der Waals surface area contributed by atoms with E-state index in [4.69, 9.17) is 4.74 Å². The van der Waals surface area contributed by atoms with Gasteiger partial charge in [0.05, 0.1) is 0 Å². The van der Waals surface area contributed by atoms with Crippen molar-refractivity contribution in [2.45, 2.75) is 0 Å². The molecule has 0 aliphatic carbocycles. The molecule has 0 spiro atoms. The van der Waals surface area contributed by atoms with Gasteiger partial charge in [0.25, 0.3) is 0 Å². The second-order valence-electron chi connectivity index (χ2n) is 4.52. The lowest BCUT2D eigenvalue weighted by molar-refractivity contribution is -0.129. The number of carbonyl (C=O) groups excluding carboxylic acids is 1. The average molecular weight is 303 g/mol. The highest BCUT2D eigenvalue weighted by molar-refractivity contribution is 6.12. The molecule has 0 saturated heterocycles. The van der Waals surface area contributed by atoms with Crippen LogP contribution in [0.2, 0.25) is 0 Å². The molecule has 2 aromatic rings. The largest absolute Gasteiger partial charge is 0.402 e. The Morgan fingerprint density at radius 3 is 2.36 bits per heavy atom. The van der Waals surface area contributed by atoms with Gasteiger partial charge in [-0.1, -0.05) is 6.07 Å². The van der Waals surface area contributed by atoms with Crippen LogP contribution in [0, 0.1) is 17.5 Å². The molecule has 0 atom stereocenters. The smallest absolute Gasteiger partial charge is 0.363 e. The fraction of sp³-hybridized carbons (Fsp3) is 0. The van der Waals surface area contributed by atoms with Gasteiger partial charge >= 0.3 is 5.97 Å². The van der Waals surface area contributed by atoms with Crippen LogP contribution in [0.15, 0.2) is 53.2 Å². The summed E-state index contributed by atoms with van der Waals surface area (Å²) in [5.41, 5.74) is 0.656. The number of esters is 1. The van der Waals surface area contributed by atoms with Crippen molar-refractivity contribution in [3.8, 4) is 0 Å². The Balaban J connectivity index is 1.93. The first-order valence-corrected chi connectivity index (χ1v) is 6.26. The van der Waals surface area contributed by atoms with Crippen LogP contribution in [-0.2, 0) is 9.53 Å². The maximum absolute atomic E-state index is 13.1. The third-order valence-electron chi connectivity index (χ3n) is 2.96. The van der Waals surface area contributed by atoms with Crippen LogP contribution in [0.5, 0.6) is 0 Å². The Hall–Kier alpha value is -2.89. The number of nitrogens with zero attached hydrogens (tertiary/aromatic N) is 1. The molecule has 0 aromatic heterocycles. The lowest BCUT2D eigenvalue weighted by Crippen LogP contribution is -2.05. The number of aliphatic imine (C=N–C) groups is 1. The summed E-state index contributed by atoms with van der Waals surface area (Å²) in [7, 11) is 0. The van der Waals surface area contributed by atoms with Gasteiger partial charge in [0, 0.05) is 5.56 Å². The van der Waals surface area contributed by atoms with Crippen molar-refractivity contribution in [2.75, 3.05) is 0 Å². The molecule has 3 rings (SSSR count). The summed E-state index contributed by atoms with van der Waals surface area (Å²) in [6, 6.07) is 8.47. The first-order valence-electron chi connectivity index (χ1n) is 6.26. The lowest BCUT2D eigenvalue weighted by Gasteiger charge is -1.98. The van der Waals surface area contributed by atoms with E-state index in [2.05, 4.69) is 4.99 Å². The molecular weight excluding hydrogens is 295 g/mol. The molecule has 3 nitrogen and oxygen atoms in total. The Morgan fingerprint density at radius 2 is 1.68 bits per heavy atom. The second kappa shape index (κ2) is 5.48. The Kier molecular flexibility index (Phi) is 3.50. The van der Waals surface area contributed by atoms with Crippen molar-refractivity contribution < 1.29 is 22.7 Å². The van der Waals surface area contributed by atoms with Crippen molar-refractivity contribution in [3.05, 3.63) is 76.7 Å². The Labute approximate surface area is 123 Å². The lowest BCUT2D eigenvalue weighted by atomic mass is 10.2. The van der Waals surface area contributed by atoms with Crippen LogP contribution in [-0.4, -0.2) is 11.9 Å². The minimum Gasteiger partial charge on any atom is -0.402 e. The predicted molar refractivity (Wildman–Crippen MR) is 73.4 cm³/mol. The van der Waals surface area contributed by atoms with Crippen molar-refractivity contribution in [1.29, 1.82) is 0 Å². The standard InChI is InChI=1S/C16H8F3NO2/c17-11-4-2-10(3-5-11)15-20-14(16(21)22-15)8-9-1-6-12(18)13(19)7-9/h1-8H. The SMILES string of the molecule is O=C1OC(c2ccc(F)cc2)=NC1=Cc1ccc(F)c(F)c1.